The van der Waals surface area contributed by atoms with Crippen LogP contribution in [0.15, 0.2) is 49.1 Å². The van der Waals surface area contributed by atoms with Gasteiger partial charge in [0.1, 0.15) is 0 Å². The highest BCUT2D eigenvalue weighted by Crippen LogP contribution is 2.41. The van der Waals surface area contributed by atoms with Gasteiger partial charge < -0.3 is 10.6 Å². The van der Waals surface area contributed by atoms with Crippen LogP contribution in [-0.4, -0.2) is 27.1 Å². The average molecular weight is 437 g/mol. The van der Waals surface area contributed by atoms with Crippen LogP contribution in [-0.2, 0) is 18.3 Å². The number of anilines is 2. The van der Waals surface area contributed by atoms with E-state index in [0.29, 0.717) is 35.4 Å². The van der Waals surface area contributed by atoms with Gasteiger partial charge in [0.15, 0.2) is 5.78 Å². The number of rotatable bonds is 6. The predicted molar refractivity (Wildman–Crippen MR) is 121 cm³/mol. The molecule has 2 N–H and O–H groups in total. The lowest BCUT2D eigenvalue weighted by Gasteiger charge is -2.32. The van der Waals surface area contributed by atoms with Crippen LogP contribution in [0.4, 0.5) is 20.2 Å². The van der Waals surface area contributed by atoms with Gasteiger partial charge in [0.25, 0.3) is 6.43 Å². The van der Waals surface area contributed by atoms with Crippen LogP contribution in [0.25, 0.3) is 16.7 Å². The zero-order chi connectivity index (χ0) is 22.8. The minimum atomic E-state index is -2.62. The molecule has 1 aromatic carbocycles. The number of Topliss-reactive ketones (excluding diaryl/α,β-unsaturated/α-hetero) is 1. The molecule has 8 heteroatoms. The van der Waals surface area contributed by atoms with Gasteiger partial charge in [-0.15, -0.1) is 0 Å². The molecule has 0 saturated carbocycles. The van der Waals surface area contributed by atoms with Crippen molar-refractivity contribution in [3.63, 3.8) is 0 Å². The summed E-state index contributed by atoms with van der Waals surface area (Å²) in [5.74, 6) is -0.0997. The largest absolute Gasteiger partial charge is 0.404 e. The summed E-state index contributed by atoms with van der Waals surface area (Å²) in [4.78, 5) is 18.5. The number of fused-ring (bicyclic) bond motifs is 1. The fraction of sp³-hybridized carbons (Fsp3) is 0.292. The van der Waals surface area contributed by atoms with E-state index < -0.39 is 6.43 Å². The summed E-state index contributed by atoms with van der Waals surface area (Å²) < 4.78 is 29.7. The molecule has 0 radical (unpaired) electrons. The molecule has 1 aliphatic heterocycles. The maximum absolute atomic E-state index is 14.0. The molecule has 0 unspecified atom stereocenters. The van der Waals surface area contributed by atoms with Crippen molar-refractivity contribution in [1.82, 2.24) is 14.8 Å². The topological polar surface area (TPSA) is 77.0 Å². The quantitative estimate of drug-likeness (QED) is 0.562. The van der Waals surface area contributed by atoms with Crippen molar-refractivity contribution < 1.29 is 13.6 Å². The maximum Gasteiger partial charge on any atom is 0.264 e. The Balaban J connectivity index is 1.80. The van der Waals surface area contributed by atoms with Gasteiger partial charge >= 0.3 is 0 Å². The zero-order valence-corrected chi connectivity index (χ0v) is 18.1. The van der Waals surface area contributed by atoms with Crippen molar-refractivity contribution in [2.45, 2.75) is 32.6 Å². The second-order valence-electron chi connectivity index (χ2n) is 7.78. The molecule has 0 atom stereocenters. The van der Waals surface area contributed by atoms with Crippen LogP contribution < -0.4 is 10.6 Å². The predicted octanol–water partition coefficient (Wildman–Crippen LogP) is 4.78. The first kappa shape index (κ1) is 21.7. The minimum Gasteiger partial charge on any atom is -0.404 e. The summed E-state index contributed by atoms with van der Waals surface area (Å²) in [5.41, 5.74) is 10.2. The van der Waals surface area contributed by atoms with E-state index in [1.54, 1.807) is 49.4 Å². The normalized spacial score (nSPS) is 14.0. The Morgan fingerprint density at radius 2 is 2.12 bits per heavy atom. The molecule has 0 fully saturated rings. The number of ketones is 1. The third-order valence-corrected chi connectivity index (χ3v) is 5.74. The number of pyridine rings is 1. The van der Waals surface area contributed by atoms with Crippen LogP contribution in [0, 0.1) is 0 Å². The Labute approximate surface area is 185 Å². The Morgan fingerprint density at radius 3 is 2.78 bits per heavy atom. The van der Waals surface area contributed by atoms with Crippen molar-refractivity contribution in [2.75, 3.05) is 11.4 Å². The van der Waals surface area contributed by atoms with Crippen molar-refractivity contribution in [3.05, 3.63) is 65.9 Å². The number of hydrogen-bond donors (Lipinski definition) is 1. The van der Waals surface area contributed by atoms with Gasteiger partial charge in [-0.1, -0.05) is 6.92 Å². The highest BCUT2D eigenvalue weighted by atomic mass is 19.3. The lowest BCUT2D eigenvalue weighted by Crippen LogP contribution is -2.25. The fourth-order valence-electron chi connectivity index (χ4n) is 4.15. The summed E-state index contributed by atoms with van der Waals surface area (Å²) in [6.45, 7) is 2.44. The zero-order valence-electron chi connectivity index (χ0n) is 18.1. The number of allylic oxidation sites excluding steroid dienone is 1. The Morgan fingerprint density at radius 1 is 1.31 bits per heavy atom. The van der Waals surface area contributed by atoms with Crippen LogP contribution in [0.2, 0.25) is 0 Å². The molecule has 2 aromatic heterocycles. The van der Waals surface area contributed by atoms with E-state index in [-0.39, 0.29) is 11.3 Å². The summed E-state index contributed by atoms with van der Waals surface area (Å²) >= 11 is 0. The van der Waals surface area contributed by atoms with Crippen LogP contribution in [0.5, 0.6) is 0 Å². The maximum atomic E-state index is 14.0. The number of hydrogen-bond acceptors (Lipinski definition) is 5. The monoisotopic (exact) mass is 437 g/mol. The molecule has 3 heterocycles. The van der Waals surface area contributed by atoms with Gasteiger partial charge in [0.05, 0.1) is 17.5 Å². The summed E-state index contributed by atoms with van der Waals surface area (Å²) in [6, 6.07) is 7.05. The van der Waals surface area contributed by atoms with Crippen LogP contribution >= 0.6 is 0 Å². The van der Waals surface area contributed by atoms with Gasteiger partial charge in [0, 0.05) is 61.1 Å². The summed E-state index contributed by atoms with van der Waals surface area (Å²) in [6.07, 6.45) is 5.60. The molecule has 6 nitrogen and oxygen atoms in total. The number of nitrogens with two attached hydrogens (primary N) is 1. The molecule has 32 heavy (non-hydrogen) atoms. The van der Waals surface area contributed by atoms with Gasteiger partial charge in [-0.3, -0.25) is 14.5 Å². The smallest absolute Gasteiger partial charge is 0.264 e. The average Bonchev–Trinajstić information content (AvgIpc) is 3.24. The first-order valence-electron chi connectivity index (χ1n) is 10.6. The molecule has 1 aliphatic rings. The molecule has 0 aliphatic carbocycles. The van der Waals surface area contributed by atoms with Crippen molar-refractivity contribution >= 4 is 22.7 Å². The highest BCUT2D eigenvalue weighted by Gasteiger charge is 2.25. The second kappa shape index (κ2) is 8.90. The Kier molecular flexibility index (Phi) is 6.03. The number of alkyl halides is 2. The van der Waals surface area contributed by atoms with E-state index in [2.05, 4.69) is 10.1 Å². The third kappa shape index (κ3) is 4.00. The molecule has 0 spiro atoms. The number of aromatic nitrogens is 3. The van der Waals surface area contributed by atoms with Gasteiger partial charge in [-0.2, -0.15) is 5.10 Å². The number of carbonyl (C=O) groups is 1. The molecule has 0 amide bonds. The molecule has 4 rings (SSSR count). The van der Waals surface area contributed by atoms with Gasteiger partial charge in [-0.05, 0) is 48.2 Å². The third-order valence-electron chi connectivity index (χ3n) is 5.74. The minimum absolute atomic E-state index is 0.0263. The van der Waals surface area contributed by atoms with Crippen molar-refractivity contribution in [2.24, 2.45) is 12.8 Å². The summed E-state index contributed by atoms with van der Waals surface area (Å²) in [7, 11) is 1.76. The van der Waals surface area contributed by atoms with E-state index >= 15 is 0 Å². The first-order valence-corrected chi connectivity index (χ1v) is 10.6. The number of aryl methyl sites for hydroxylation is 2. The van der Waals surface area contributed by atoms with Crippen molar-refractivity contribution in [1.29, 1.82) is 0 Å². The number of halogens is 2. The van der Waals surface area contributed by atoms with Crippen molar-refractivity contribution in [3.8, 4) is 11.1 Å². The molecule has 166 valence electrons. The van der Waals surface area contributed by atoms with E-state index in [1.165, 1.54) is 6.20 Å². The standard InChI is InChI=1S/C24H25F2N5O/c1-3-23(32)20(12-27)21-10-17(6-7-28-21)31-8-4-5-15-9-18(16-13-29-30(2)14-16)19(24(25)26)11-22(15)31/h6-7,9-14,24H,3-5,8,27H2,1-2H3. The van der Waals surface area contributed by atoms with Gasteiger partial charge in [-0.25, -0.2) is 8.78 Å². The molecular weight excluding hydrogens is 412 g/mol. The lowest BCUT2D eigenvalue weighted by atomic mass is 9.92. The van der Waals surface area contributed by atoms with E-state index in [4.69, 9.17) is 5.73 Å². The molecule has 0 saturated heterocycles. The molecular formula is C24H25F2N5O. The number of nitrogens with zero attached hydrogens (tertiary/aromatic N) is 4. The SMILES string of the molecule is CCC(=O)C(=CN)c1cc(N2CCCc3cc(-c4cnn(C)c4)c(C(F)F)cc32)ccn1. The summed E-state index contributed by atoms with van der Waals surface area (Å²) in [5, 5.41) is 4.13. The Hall–Kier alpha value is -3.55. The second-order valence-corrected chi connectivity index (χ2v) is 7.78. The van der Waals surface area contributed by atoms with E-state index in [9.17, 15) is 13.6 Å². The molecule has 0 bridgehead atoms. The molecule has 3 aromatic rings. The van der Waals surface area contributed by atoms with E-state index in [1.807, 2.05) is 17.0 Å². The fourth-order valence-corrected chi connectivity index (χ4v) is 4.15. The highest BCUT2D eigenvalue weighted by molar-refractivity contribution is 6.20. The Bertz CT molecular complexity index is 1180. The first-order chi connectivity index (χ1) is 15.4. The van der Waals surface area contributed by atoms with Crippen LogP contribution in [0.1, 0.15) is 43.0 Å². The lowest BCUT2D eigenvalue weighted by molar-refractivity contribution is -0.113. The van der Waals surface area contributed by atoms with Crippen LogP contribution in [0.3, 0.4) is 0 Å². The number of benzene rings is 1. The van der Waals surface area contributed by atoms with E-state index in [0.717, 1.165) is 29.8 Å². The number of carbonyl (C=O) groups excluding carboxylic acids is 1. The van der Waals surface area contributed by atoms with Gasteiger partial charge in [0.2, 0.25) is 0 Å².